The van der Waals surface area contributed by atoms with Crippen LogP contribution in [-0.2, 0) is 9.59 Å². The third-order valence-corrected chi connectivity index (χ3v) is 0.723. The molecule has 0 aromatic rings. The van der Waals surface area contributed by atoms with Crippen LogP contribution in [-0.4, -0.2) is 17.0 Å². The lowest BCUT2D eigenvalue weighted by atomic mass is 10.3. The summed E-state index contributed by atoms with van der Waals surface area (Å²) in [6, 6.07) is 0. The monoisotopic (exact) mass is 166 g/mol. The molecule has 2 amide bonds. The number of rotatable bonds is 3. The predicted octanol–water partition coefficient (Wildman–Crippen LogP) is -1.13. The number of carbonyl (C=O) groups is 2. The van der Waals surface area contributed by atoms with Gasteiger partial charge in [0.1, 0.15) is 0 Å². The maximum Gasteiger partial charge on any atom is 0.243 e. The fraction of sp³-hybridized carbons (Fsp3) is 0.500. The zero-order valence-electron chi connectivity index (χ0n) is 5.26. The molecule has 0 heterocycles. The molecule has 0 unspecified atom stereocenters. The SMILES string of the molecule is NC(=O)CCC(=O)NO.S. The van der Waals surface area contributed by atoms with Gasteiger partial charge in [0, 0.05) is 12.8 Å². The summed E-state index contributed by atoms with van der Waals surface area (Å²) in [5, 5.41) is 7.90. The number of nitrogens with two attached hydrogens (primary N) is 1. The van der Waals surface area contributed by atoms with Gasteiger partial charge in [-0.15, -0.1) is 0 Å². The first kappa shape index (κ1) is 12.0. The highest BCUT2D eigenvalue weighted by Gasteiger charge is 2.00. The molecule has 60 valence electrons. The van der Waals surface area contributed by atoms with E-state index in [0.29, 0.717) is 0 Å². The number of hydrogen-bond donors (Lipinski definition) is 3. The van der Waals surface area contributed by atoms with Gasteiger partial charge in [0.25, 0.3) is 0 Å². The molecule has 0 aromatic carbocycles. The Labute approximate surface area is 65.0 Å². The van der Waals surface area contributed by atoms with Gasteiger partial charge in [-0.3, -0.25) is 14.8 Å². The van der Waals surface area contributed by atoms with Gasteiger partial charge in [0.15, 0.2) is 0 Å². The number of hydrogen-bond acceptors (Lipinski definition) is 3. The maximum atomic E-state index is 10.1. The van der Waals surface area contributed by atoms with E-state index < -0.39 is 11.8 Å². The Kier molecular flexibility index (Phi) is 7.63. The average Bonchev–Trinajstić information content (AvgIpc) is 1.83. The average molecular weight is 166 g/mol. The van der Waals surface area contributed by atoms with Crippen molar-refractivity contribution in [2.24, 2.45) is 5.73 Å². The van der Waals surface area contributed by atoms with Crippen molar-refractivity contribution in [3.05, 3.63) is 0 Å². The third kappa shape index (κ3) is 7.25. The van der Waals surface area contributed by atoms with Crippen LogP contribution in [0.2, 0.25) is 0 Å². The third-order valence-electron chi connectivity index (χ3n) is 0.723. The molecule has 0 radical (unpaired) electrons. The lowest BCUT2D eigenvalue weighted by molar-refractivity contribution is -0.131. The van der Waals surface area contributed by atoms with Gasteiger partial charge in [0.2, 0.25) is 11.8 Å². The van der Waals surface area contributed by atoms with E-state index >= 15 is 0 Å². The lowest BCUT2D eigenvalue weighted by Crippen LogP contribution is -2.21. The summed E-state index contributed by atoms with van der Waals surface area (Å²) >= 11 is 0. The highest BCUT2D eigenvalue weighted by Crippen LogP contribution is 1.84. The van der Waals surface area contributed by atoms with Crippen LogP contribution in [0.5, 0.6) is 0 Å². The predicted molar refractivity (Wildman–Crippen MR) is 38.7 cm³/mol. The molecule has 0 aliphatic heterocycles. The van der Waals surface area contributed by atoms with Crippen LogP contribution < -0.4 is 11.2 Å². The maximum absolute atomic E-state index is 10.1. The molecule has 0 saturated heterocycles. The Morgan fingerprint density at radius 1 is 1.40 bits per heavy atom. The quantitative estimate of drug-likeness (QED) is 0.366. The lowest BCUT2D eigenvalue weighted by Gasteiger charge is -1.92. The molecule has 0 bridgehead atoms. The second-order valence-electron chi connectivity index (χ2n) is 1.50. The largest absolute Gasteiger partial charge is 0.370 e. The van der Waals surface area contributed by atoms with Crippen molar-refractivity contribution in [3.8, 4) is 0 Å². The Morgan fingerprint density at radius 2 is 1.90 bits per heavy atom. The second kappa shape index (κ2) is 6.37. The molecular weight excluding hydrogens is 156 g/mol. The molecule has 0 rings (SSSR count). The molecule has 0 spiro atoms. The van der Waals surface area contributed by atoms with Gasteiger partial charge in [-0.2, -0.15) is 13.5 Å². The first-order valence-electron chi connectivity index (χ1n) is 2.38. The molecule has 0 aliphatic carbocycles. The van der Waals surface area contributed by atoms with E-state index in [1.807, 2.05) is 0 Å². The van der Waals surface area contributed by atoms with Crippen LogP contribution in [0.25, 0.3) is 0 Å². The number of hydroxylamine groups is 1. The molecule has 0 atom stereocenters. The molecule has 6 heteroatoms. The van der Waals surface area contributed by atoms with Gasteiger partial charge in [0.05, 0.1) is 0 Å². The summed E-state index contributed by atoms with van der Waals surface area (Å²) in [5.41, 5.74) is 6.07. The zero-order chi connectivity index (χ0) is 7.28. The topological polar surface area (TPSA) is 92.4 Å². The van der Waals surface area contributed by atoms with E-state index in [1.54, 1.807) is 0 Å². The molecule has 10 heavy (non-hydrogen) atoms. The van der Waals surface area contributed by atoms with Crippen LogP contribution in [0.4, 0.5) is 0 Å². The van der Waals surface area contributed by atoms with E-state index in [4.69, 9.17) is 10.9 Å². The fourth-order valence-corrected chi connectivity index (χ4v) is 0.293. The van der Waals surface area contributed by atoms with Gasteiger partial charge in [-0.1, -0.05) is 0 Å². The summed E-state index contributed by atoms with van der Waals surface area (Å²) in [6.45, 7) is 0. The molecule has 0 aliphatic rings. The second-order valence-corrected chi connectivity index (χ2v) is 1.50. The van der Waals surface area contributed by atoms with Crippen molar-refractivity contribution in [1.29, 1.82) is 0 Å². The number of amides is 2. The van der Waals surface area contributed by atoms with E-state index in [2.05, 4.69) is 0 Å². The van der Waals surface area contributed by atoms with Gasteiger partial charge in [-0.25, -0.2) is 5.48 Å². The fourth-order valence-electron chi connectivity index (χ4n) is 0.293. The van der Waals surface area contributed by atoms with Crippen molar-refractivity contribution in [3.63, 3.8) is 0 Å². The van der Waals surface area contributed by atoms with Crippen LogP contribution in [0, 0.1) is 0 Å². The Morgan fingerprint density at radius 3 is 2.20 bits per heavy atom. The minimum Gasteiger partial charge on any atom is -0.370 e. The van der Waals surface area contributed by atoms with Crippen LogP contribution in [0.1, 0.15) is 12.8 Å². The molecule has 0 aromatic heterocycles. The highest BCUT2D eigenvalue weighted by molar-refractivity contribution is 7.59. The Bertz CT molecular complexity index is 128. The Balaban J connectivity index is 0. The highest BCUT2D eigenvalue weighted by atomic mass is 32.1. The summed E-state index contributed by atoms with van der Waals surface area (Å²) in [7, 11) is 0. The molecule has 4 N–H and O–H groups in total. The molecule has 0 saturated carbocycles. The number of carbonyl (C=O) groups excluding carboxylic acids is 2. The first-order valence-corrected chi connectivity index (χ1v) is 2.38. The van der Waals surface area contributed by atoms with Gasteiger partial charge >= 0.3 is 0 Å². The van der Waals surface area contributed by atoms with Gasteiger partial charge < -0.3 is 5.73 Å². The van der Waals surface area contributed by atoms with Crippen LogP contribution in [0.15, 0.2) is 0 Å². The van der Waals surface area contributed by atoms with Crippen molar-refractivity contribution < 1.29 is 14.8 Å². The van der Waals surface area contributed by atoms with E-state index in [-0.39, 0.29) is 26.3 Å². The summed E-state index contributed by atoms with van der Waals surface area (Å²) < 4.78 is 0. The number of primary amides is 1. The minimum atomic E-state index is -0.603. The van der Waals surface area contributed by atoms with Crippen molar-refractivity contribution in [1.82, 2.24) is 5.48 Å². The standard InChI is InChI=1S/C4H8N2O3.H2S/c5-3(7)1-2-4(8)6-9;/h9H,1-2H2,(H2,5,7)(H,6,8);1H2. The van der Waals surface area contributed by atoms with E-state index in [1.165, 1.54) is 5.48 Å². The van der Waals surface area contributed by atoms with E-state index in [9.17, 15) is 9.59 Å². The smallest absolute Gasteiger partial charge is 0.243 e. The van der Waals surface area contributed by atoms with Crippen molar-refractivity contribution >= 4 is 25.3 Å². The van der Waals surface area contributed by atoms with Crippen LogP contribution >= 0.6 is 13.5 Å². The summed E-state index contributed by atoms with van der Waals surface area (Å²) in [4.78, 5) is 20.1. The first-order chi connectivity index (χ1) is 4.16. The van der Waals surface area contributed by atoms with Crippen LogP contribution in [0.3, 0.4) is 0 Å². The minimum absolute atomic E-state index is 0. The zero-order valence-corrected chi connectivity index (χ0v) is 6.26. The Hall–Kier alpha value is -0.750. The summed E-state index contributed by atoms with van der Waals surface area (Å²) in [5.74, 6) is -1.16. The normalized spacial score (nSPS) is 7.70. The van der Waals surface area contributed by atoms with Gasteiger partial charge in [-0.05, 0) is 0 Å². The molecule has 0 fully saturated rings. The van der Waals surface area contributed by atoms with Crippen molar-refractivity contribution in [2.45, 2.75) is 12.8 Å². The molecule has 5 nitrogen and oxygen atoms in total. The summed E-state index contributed by atoms with van der Waals surface area (Å²) in [6.07, 6.45) is -0.0990. The van der Waals surface area contributed by atoms with E-state index in [0.717, 1.165) is 0 Å². The number of nitrogens with one attached hydrogen (secondary N) is 1. The van der Waals surface area contributed by atoms with Crippen molar-refractivity contribution in [2.75, 3.05) is 0 Å². The molecular formula is C4H10N2O3S.